The van der Waals surface area contributed by atoms with Crippen molar-refractivity contribution in [3.8, 4) is 5.75 Å². The van der Waals surface area contributed by atoms with Crippen LogP contribution in [0.5, 0.6) is 5.75 Å². The molecule has 0 amide bonds. The molecule has 0 aromatic carbocycles. The summed E-state index contributed by atoms with van der Waals surface area (Å²) < 4.78 is 39.4. The number of pyridine rings is 1. The lowest BCUT2D eigenvalue weighted by Gasteiger charge is -2.11. The summed E-state index contributed by atoms with van der Waals surface area (Å²) in [6.45, 7) is -0.396. The van der Waals surface area contributed by atoms with Gasteiger partial charge >= 0.3 is 12.3 Å². The van der Waals surface area contributed by atoms with E-state index in [9.17, 15) is 22.8 Å². The van der Waals surface area contributed by atoms with Crippen molar-refractivity contribution in [2.45, 2.75) is 19.3 Å². The van der Waals surface area contributed by atoms with E-state index in [-0.39, 0.29) is 11.3 Å². The molecule has 0 aliphatic heterocycles. The molecule has 0 spiro atoms. The van der Waals surface area contributed by atoms with Gasteiger partial charge in [0, 0.05) is 24.0 Å². The molecule has 100 valence electrons. The Balaban J connectivity index is 3.20. The van der Waals surface area contributed by atoms with Crippen LogP contribution >= 0.6 is 0 Å². The Bertz CT molecular complexity index is 510. The number of ether oxygens (including phenoxy) is 1. The number of carbonyl (C=O) groups is 1. The third-order valence-electron chi connectivity index (χ3n) is 2.00. The molecule has 9 heteroatoms. The third-order valence-corrected chi connectivity index (χ3v) is 2.00. The molecule has 0 saturated heterocycles. The number of halogens is 3. The first-order valence-corrected chi connectivity index (χ1v) is 4.65. The van der Waals surface area contributed by atoms with Crippen molar-refractivity contribution >= 4 is 5.97 Å². The Hall–Kier alpha value is -2.03. The number of hydrogen-bond acceptors (Lipinski definition) is 4. The smallest absolute Gasteiger partial charge is 0.481 e. The van der Waals surface area contributed by atoms with Gasteiger partial charge < -0.3 is 20.6 Å². The Morgan fingerprint density at radius 3 is 2.56 bits per heavy atom. The molecule has 1 heterocycles. The second-order valence-electron chi connectivity index (χ2n) is 3.26. The van der Waals surface area contributed by atoms with Crippen LogP contribution in [0.3, 0.4) is 0 Å². The lowest BCUT2D eigenvalue weighted by Crippen LogP contribution is -2.26. The van der Waals surface area contributed by atoms with Crippen LogP contribution in [0.2, 0.25) is 0 Å². The summed E-state index contributed by atoms with van der Waals surface area (Å²) in [5.41, 5.74) is 3.83. The summed E-state index contributed by atoms with van der Waals surface area (Å²) in [5.74, 6) is -2.22. The molecule has 18 heavy (non-hydrogen) atoms. The maximum Gasteiger partial charge on any atom is 0.573 e. The largest absolute Gasteiger partial charge is 0.573 e. The summed E-state index contributed by atoms with van der Waals surface area (Å²) in [7, 11) is 0. The highest BCUT2D eigenvalue weighted by atomic mass is 19.4. The van der Waals surface area contributed by atoms with Crippen molar-refractivity contribution < 1.29 is 27.8 Å². The van der Waals surface area contributed by atoms with Gasteiger partial charge in [-0.25, -0.2) is 0 Å². The van der Waals surface area contributed by atoms with Gasteiger partial charge in [0.25, 0.3) is 0 Å². The number of carboxylic acid groups (broad SMARTS) is 1. The van der Waals surface area contributed by atoms with Crippen LogP contribution in [0.15, 0.2) is 11.0 Å². The van der Waals surface area contributed by atoms with Crippen molar-refractivity contribution in [3.05, 3.63) is 27.7 Å². The second kappa shape index (κ2) is 5.08. The number of aromatic amines is 1. The highest BCUT2D eigenvalue weighted by Crippen LogP contribution is 2.20. The lowest BCUT2D eigenvalue weighted by molar-refractivity contribution is -0.275. The zero-order valence-electron chi connectivity index (χ0n) is 8.87. The van der Waals surface area contributed by atoms with Crippen LogP contribution in [-0.4, -0.2) is 22.4 Å². The summed E-state index contributed by atoms with van der Waals surface area (Å²) in [5, 5.41) is 8.56. The fraction of sp³-hybridized carbons (Fsp3) is 0.333. The number of hydrogen-bond donors (Lipinski definition) is 3. The fourth-order valence-electron chi connectivity index (χ4n) is 1.32. The maximum absolute atomic E-state index is 12.0. The van der Waals surface area contributed by atoms with Crippen LogP contribution in [0.1, 0.15) is 11.3 Å². The van der Waals surface area contributed by atoms with Crippen LogP contribution < -0.4 is 15.9 Å². The van der Waals surface area contributed by atoms with E-state index >= 15 is 0 Å². The summed E-state index contributed by atoms with van der Waals surface area (Å²) in [6.07, 6.45) is -4.89. The summed E-state index contributed by atoms with van der Waals surface area (Å²) in [4.78, 5) is 24.3. The minimum atomic E-state index is -5.01. The molecule has 0 atom stereocenters. The normalized spacial score (nSPS) is 11.3. The van der Waals surface area contributed by atoms with Gasteiger partial charge in [0.15, 0.2) is 5.75 Å². The molecule has 1 rings (SSSR count). The van der Waals surface area contributed by atoms with Gasteiger partial charge in [-0.1, -0.05) is 0 Å². The Labute approximate surface area is 98.2 Å². The number of carboxylic acids is 1. The number of alkyl halides is 3. The minimum Gasteiger partial charge on any atom is -0.481 e. The molecule has 6 nitrogen and oxygen atoms in total. The molecule has 0 aliphatic carbocycles. The number of H-pyrrole nitrogens is 1. The van der Waals surface area contributed by atoms with Gasteiger partial charge in [0.2, 0.25) is 5.43 Å². The van der Waals surface area contributed by atoms with Crippen molar-refractivity contribution in [1.29, 1.82) is 0 Å². The number of rotatable bonds is 4. The van der Waals surface area contributed by atoms with Gasteiger partial charge in [-0.15, -0.1) is 13.2 Å². The van der Waals surface area contributed by atoms with E-state index in [2.05, 4.69) is 9.72 Å². The fourth-order valence-corrected chi connectivity index (χ4v) is 1.32. The van der Waals surface area contributed by atoms with Gasteiger partial charge in [-0.3, -0.25) is 9.59 Å². The van der Waals surface area contributed by atoms with Crippen LogP contribution in [-0.2, 0) is 17.8 Å². The number of aliphatic carboxylic acids is 1. The van der Waals surface area contributed by atoms with Crippen molar-refractivity contribution in [1.82, 2.24) is 4.98 Å². The number of nitrogens with one attached hydrogen (secondary N) is 1. The Kier molecular flexibility index (Phi) is 3.96. The van der Waals surface area contributed by atoms with Crippen molar-refractivity contribution in [2.75, 3.05) is 0 Å². The highest BCUT2D eigenvalue weighted by Gasteiger charge is 2.32. The van der Waals surface area contributed by atoms with Crippen LogP contribution in [0.25, 0.3) is 0 Å². The maximum atomic E-state index is 12.0. The monoisotopic (exact) mass is 266 g/mol. The summed E-state index contributed by atoms with van der Waals surface area (Å²) >= 11 is 0. The number of nitrogens with two attached hydrogens (primary N) is 1. The molecular formula is C9H9F3N2O4. The van der Waals surface area contributed by atoms with Crippen molar-refractivity contribution in [2.24, 2.45) is 5.73 Å². The first-order valence-electron chi connectivity index (χ1n) is 4.65. The number of aromatic nitrogens is 1. The van der Waals surface area contributed by atoms with Gasteiger partial charge in [-0.05, 0) is 0 Å². The van der Waals surface area contributed by atoms with Gasteiger partial charge in [0.1, 0.15) is 0 Å². The lowest BCUT2D eigenvalue weighted by atomic mass is 10.1. The Morgan fingerprint density at radius 1 is 1.50 bits per heavy atom. The van der Waals surface area contributed by atoms with E-state index in [0.717, 1.165) is 0 Å². The third kappa shape index (κ3) is 3.48. The molecule has 0 radical (unpaired) electrons. The molecule has 1 aromatic rings. The SMILES string of the molecule is NCc1c(CC(=O)O)[nH]cc(OC(F)(F)F)c1=O. The average molecular weight is 266 g/mol. The molecule has 0 bridgehead atoms. The van der Waals surface area contributed by atoms with Gasteiger partial charge in [-0.2, -0.15) is 0 Å². The van der Waals surface area contributed by atoms with Crippen LogP contribution in [0, 0.1) is 0 Å². The molecule has 1 aromatic heterocycles. The second-order valence-corrected chi connectivity index (χ2v) is 3.26. The average Bonchev–Trinajstić information content (AvgIpc) is 2.20. The zero-order chi connectivity index (χ0) is 13.9. The van der Waals surface area contributed by atoms with E-state index in [1.807, 2.05) is 0 Å². The molecule has 0 saturated carbocycles. The molecule has 0 aliphatic rings. The van der Waals surface area contributed by atoms with E-state index in [0.29, 0.717) is 6.20 Å². The molecule has 0 fully saturated rings. The van der Waals surface area contributed by atoms with E-state index in [1.165, 1.54) is 0 Å². The van der Waals surface area contributed by atoms with E-state index < -0.39 is 36.5 Å². The molecule has 4 N–H and O–H groups in total. The highest BCUT2D eigenvalue weighted by molar-refractivity contribution is 5.70. The van der Waals surface area contributed by atoms with E-state index in [4.69, 9.17) is 10.8 Å². The Morgan fingerprint density at radius 2 is 2.11 bits per heavy atom. The van der Waals surface area contributed by atoms with Crippen molar-refractivity contribution in [3.63, 3.8) is 0 Å². The predicted octanol–water partition coefficient (Wildman–Crippen LogP) is 0.359. The van der Waals surface area contributed by atoms with E-state index in [1.54, 1.807) is 0 Å². The molecule has 0 unspecified atom stereocenters. The standard InChI is InChI=1S/C9H9F3N2O4/c10-9(11,12)18-6-3-14-5(1-7(15)16)4(2-13)8(6)17/h3H,1-2,13H2,(H,14,17)(H,15,16). The zero-order valence-corrected chi connectivity index (χ0v) is 8.87. The minimum absolute atomic E-state index is 0.0514. The predicted molar refractivity (Wildman–Crippen MR) is 53.0 cm³/mol. The quantitative estimate of drug-likeness (QED) is 0.729. The first-order chi connectivity index (χ1) is 8.24. The summed E-state index contributed by atoms with van der Waals surface area (Å²) in [6, 6.07) is 0. The topological polar surface area (TPSA) is 105 Å². The van der Waals surface area contributed by atoms with Gasteiger partial charge in [0.05, 0.1) is 6.42 Å². The molecular weight excluding hydrogens is 257 g/mol. The van der Waals surface area contributed by atoms with Crippen LogP contribution in [0.4, 0.5) is 13.2 Å². The first kappa shape index (κ1) is 14.0.